The first-order chi connectivity index (χ1) is 9.10. The Kier molecular flexibility index (Phi) is 4.61. The number of carbonyl (C=O) groups excluding carboxylic acids is 1. The average molecular weight is 301 g/mol. The predicted octanol–water partition coefficient (Wildman–Crippen LogP) is 0.0672. The highest BCUT2D eigenvalue weighted by Gasteiger charge is 2.28. The molecule has 0 radical (unpaired) electrons. The number of benzene rings is 1. The van der Waals surface area contributed by atoms with E-state index in [0.29, 0.717) is 5.69 Å². The van der Waals surface area contributed by atoms with Crippen LogP contribution in [0.3, 0.4) is 0 Å². The minimum atomic E-state index is -3.86. The van der Waals surface area contributed by atoms with Crippen molar-refractivity contribution in [2.45, 2.75) is 18.7 Å². The molecule has 20 heavy (non-hydrogen) atoms. The Balaban J connectivity index is 3.06. The highest BCUT2D eigenvalue weighted by Crippen LogP contribution is 2.26. The van der Waals surface area contributed by atoms with Gasteiger partial charge in [-0.3, -0.25) is 4.79 Å². The molecule has 1 rings (SSSR count). The van der Waals surface area contributed by atoms with Gasteiger partial charge >= 0.3 is 0 Å². The van der Waals surface area contributed by atoms with Crippen molar-refractivity contribution in [2.24, 2.45) is 11.1 Å². The zero-order valence-corrected chi connectivity index (χ0v) is 12.5. The Morgan fingerprint density at radius 1 is 1.40 bits per heavy atom. The molecule has 0 saturated heterocycles. The van der Waals surface area contributed by atoms with Gasteiger partial charge in [0.05, 0.1) is 12.5 Å². The van der Waals surface area contributed by atoms with Crippen molar-refractivity contribution in [1.29, 1.82) is 0 Å². The summed E-state index contributed by atoms with van der Waals surface area (Å²) in [5.41, 5.74) is 10.1. The number of nitrogen functional groups attached to an aromatic ring is 1. The van der Waals surface area contributed by atoms with Crippen LogP contribution in [-0.2, 0) is 14.8 Å². The van der Waals surface area contributed by atoms with Crippen LogP contribution in [0.2, 0.25) is 0 Å². The molecule has 1 amide bonds. The van der Waals surface area contributed by atoms with Gasteiger partial charge < -0.3 is 16.2 Å². The first-order valence-electron chi connectivity index (χ1n) is 5.83. The summed E-state index contributed by atoms with van der Waals surface area (Å²) < 4.78 is 31.8. The van der Waals surface area contributed by atoms with Crippen LogP contribution < -0.4 is 20.9 Å². The van der Waals surface area contributed by atoms with Gasteiger partial charge in [-0.2, -0.15) is 0 Å². The number of hydrogen-bond donors (Lipinski definition) is 3. The topological polar surface area (TPSA) is 125 Å². The van der Waals surface area contributed by atoms with Crippen molar-refractivity contribution in [1.82, 2.24) is 4.72 Å². The first kappa shape index (κ1) is 16.3. The number of ether oxygens (including phenoxy) is 1. The lowest BCUT2D eigenvalue weighted by atomic mass is 9.93. The van der Waals surface area contributed by atoms with Crippen molar-refractivity contribution in [2.75, 3.05) is 19.4 Å². The van der Waals surface area contributed by atoms with E-state index in [9.17, 15) is 13.2 Å². The Morgan fingerprint density at radius 3 is 2.50 bits per heavy atom. The van der Waals surface area contributed by atoms with Gasteiger partial charge in [0.1, 0.15) is 10.6 Å². The standard InChI is InChI=1S/C12H19N3O4S/c1-12(2,11(14)16)7-15-20(17,18)10-6-8(13)4-5-9(10)19-3/h4-6,15H,7,13H2,1-3H3,(H2,14,16). The van der Waals surface area contributed by atoms with E-state index in [4.69, 9.17) is 16.2 Å². The smallest absolute Gasteiger partial charge is 0.244 e. The van der Waals surface area contributed by atoms with Crippen LogP contribution >= 0.6 is 0 Å². The molecule has 0 spiro atoms. The third kappa shape index (κ3) is 3.61. The highest BCUT2D eigenvalue weighted by molar-refractivity contribution is 7.89. The van der Waals surface area contributed by atoms with E-state index >= 15 is 0 Å². The zero-order chi connectivity index (χ0) is 15.6. The van der Waals surface area contributed by atoms with Crippen LogP contribution in [-0.4, -0.2) is 28.0 Å². The Bertz CT molecular complexity index is 611. The third-order valence-electron chi connectivity index (χ3n) is 2.85. The summed E-state index contributed by atoms with van der Waals surface area (Å²) in [5, 5.41) is 0. The van der Waals surface area contributed by atoms with Crippen LogP contribution in [0.5, 0.6) is 5.75 Å². The fourth-order valence-electron chi connectivity index (χ4n) is 1.34. The number of nitrogens with two attached hydrogens (primary N) is 2. The number of nitrogens with one attached hydrogen (secondary N) is 1. The average Bonchev–Trinajstić information content (AvgIpc) is 2.36. The molecule has 0 aliphatic carbocycles. The molecule has 0 fully saturated rings. The van der Waals surface area contributed by atoms with Gasteiger partial charge in [0.25, 0.3) is 0 Å². The summed E-state index contributed by atoms with van der Waals surface area (Å²) in [6.07, 6.45) is 0. The number of amides is 1. The predicted molar refractivity (Wildman–Crippen MR) is 75.6 cm³/mol. The summed E-state index contributed by atoms with van der Waals surface area (Å²) in [6.45, 7) is 2.98. The van der Waals surface area contributed by atoms with Gasteiger partial charge in [0, 0.05) is 12.2 Å². The molecule has 5 N–H and O–H groups in total. The number of hydrogen-bond acceptors (Lipinski definition) is 5. The second kappa shape index (κ2) is 5.68. The van der Waals surface area contributed by atoms with Crippen molar-refractivity contribution >= 4 is 21.6 Å². The lowest BCUT2D eigenvalue weighted by Gasteiger charge is -2.21. The number of rotatable bonds is 6. The molecule has 0 saturated carbocycles. The molecule has 1 aromatic rings. The summed E-state index contributed by atoms with van der Waals surface area (Å²) in [6, 6.07) is 4.28. The normalized spacial score (nSPS) is 12.2. The fraction of sp³-hybridized carbons (Fsp3) is 0.417. The molecule has 8 heteroatoms. The molecule has 0 bridgehead atoms. The molecule has 0 aromatic heterocycles. The quantitative estimate of drug-likeness (QED) is 0.641. The van der Waals surface area contributed by atoms with Crippen LogP contribution in [0.4, 0.5) is 5.69 Å². The van der Waals surface area contributed by atoms with Gasteiger partial charge in [-0.05, 0) is 32.0 Å². The van der Waals surface area contributed by atoms with Gasteiger partial charge in [-0.25, -0.2) is 13.1 Å². The van der Waals surface area contributed by atoms with Crippen molar-refractivity contribution in [3.63, 3.8) is 0 Å². The number of primary amides is 1. The van der Waals surface area contributed by atoms with Gasteiger partial charge in [-0.1, -0.05) is 0 Å². The third-order valence-corrected chi connectivity index (χ3v) is 4.27. The SMILES string of the molecule is COc1ccc(N)cc1S(=O)(=O)NCC(C)(C)C(N)=O. The summed E-state index contributed by atoms with van der Waals surface area (Å²) in [5.74, 6) is -0.427. The first-order valence-corrected chi connectivity index (χ1v) is 7.31. The summed E-state index contributed by atoms with van der Waals surface area (Å²) in [4.78, 5) is 11.1. The number of methoxy groups -OCH3 is 1. The minimum absolute atomic E-state index is 0.0831. The Morgan fingerprint density at radius 2 is 2.00 bits per heavy atom. The molecule has 112 valence electrons. The molecule has 0 aliphatic heterocycles. The highest BCUT2D eigenvalue weighted by atomic mass is 32.2. The van der Waals surface area contributed by atoms with E-state index in [1.165, 1.54) is 25.3 Å². The van der Waals surface area contributed by atoms with E-state index in [2.05, 4.69) is 4.72 Å². The zero-order valence-electron chi connectivity index (χ0n) is 11.6. The molecule has 0 aliphatic rings. The Hall–Kier alpha value is -1.80. The van der Waals surface area contributed by atoms with E-state index in [0.717, 1.165) is 0 Å². The van der Waals surface area contributed by atoms with Crippen molar-refractivity contribution < 1.29 is 17.9 Å². The second-order valence-electron chi connectivity index (χ2n) is 4.98. The van der Waals surface area contributed by atoms with Crippen molar-refractivity contribution in [3.05, 3.63) is 18.2 Å². The van der Waals surface area contributed by atoms with Crippen LogP contribution in [0, 0.1) is 5.41 Å². The van der Waals surface area contributed by atoms with E-state index in [-0.39, 0.29) is 17.2 Å². The van der Waals surface area contributed by atoms with E-state index in [1.54, 1.807) is 13.8 Å². The van der Waals surface area contributed by atoms with E-state index < -0.39 is 21.3 Å². The molecule has 0 atom stereocenters. The molecular formula is C12H19N3O4S. The van der Waals surface area contributed by atoms with E-state index in [1.807, 2.05) is 0 Å². The monoisotopic (exact) mass is 301 g/mol. The molecule has 0 heterocycles. The maximum absolute atomic E-state index is 12.2. The van der Waals surface area contributed by atoms with Gasteiger partial charge in [-0.15, -0.1) is 0 Å². The second-order valence-corrected chi connectivity index (χ2v) is 6.72. The maximum atomic E-state index is 12.2. The lowest BCUT2D eigenvalue weighted by molar-refractivity contribution is -0.125. The molecule has 7 nitrogen and oxygen atoms in total. The molecular weight excluding hydrogens is 282 g/mol. The van der Waals surface area contributed by atoms with Gasteiger partial charge in [0.2, 0.25) is 15.9 Å². The van der Waals surface area contributed by atoms with Crippen LogP contribution in [0.25, 0.3) is 0 Å². The Labute approximate surface area is 118 Å². The number of anilines is 1. The number of carbonyl (C=O) groups is 1. The summed E-state index contributed by atoms with van der Waals surface area (Å²) >= 11 is 0. The largest absolute Gasteiger partial charge is 0.495 e. The number of sulfonamides is 1. The summed E-state index contributed by atoms with van der Waals surface area (Å²) in [7, 11) is -2.50. The van der Waals surface area contributed by atoms with Crippen LogP contribution in [0.1, 0.15) is 13.8 Å². The molecule has 0 unspecified atom stereocenters. The lowest BCUT2D eigenvalue weighted by Crippen LogP contribution is -2.42. The fourth-order valence-corrected chi connectivity index (χ4v) is 2.76. The van der Waals surface area contributed by atoms with Crippen LogP contribution in [0.15, 0.2) is 23.1 Å². The maximum Gasteiger partial charge on any atom is 0.244 e. The van der Waals surface area contributed by atoms with Crippen molar-refractivity contribution in [3.8, 4) is 5.75 Å². The van der Waals surface area contributed by atoms with Gasteiger partial charge in [0.15, 0.2) is 0 Å². The minimum Gasteiger partial charge on any atom is -0.495 e. The molecule has 1 aromatic carbocycles.